The van der Waals surface area contributed by atoms with Gasteiger partial charge in [0.15, 0.2) is 0 Å². The Morgan fingerprint density at radius 1 is 1.32 bits per heavy atom. The van der Waals surface area contributed by atoms with Gasteiger partial charge in [0, 0.05) is 29.7 Å². The monoisotopic (exact) mass is 258 g/mol. The molecule has 1 heterocycles. The Kier molecular flexibility index (Phi) is 3.51. The van der Waals surface area contributed by atoms with Gasteiger partial charge in [-0.25, -0.2) is 0 Å². The quantitative estimate of drug-likeness (QED) is 0.484. The number of anilines is 2. The first-order valence-corrected chi connectivity index (χ1v) is 5.63. The maximum Gasteiger partial charge on any atom is 0.267 e. The number of amides is 1. The second-order valence-electron chi connectivity index (χ2n) is 4.04. The average Bonchev–Trinajstić information content (AvgIpc) is 2.40. The largest absolute Gasteiger partial charge is 0.508 e. The molecule has 0 aliphatic carbocycles. The van der Waals surface area contributed by atoms with Crippen molar-refractivity contribution in [2.75, 3.05) is 11.1 Å². The van der Waals surface area contributed by atoms with E-state index in [0.29, 0.717) is 23.5 Å². The van der Waals surface area contributed by atoms with Crippen molar-refractivity contribution in [3.63, 3.8) is 0 Å². The first kappa shape index (κ1) is 12.7. The summed E-state index contributed by atoms with van der Waals surface area (Å²) >= 11 is 0. The number of phenols is 1. The molecule has 1 aromatic heterocycles. The first-order valence-electron chi connectivity index (χ1n) is 5.63. The Bertz CT molecular complexity index is 613. The molecule has 6 N–H and O–H groups in total. The Hall–Kier alpha value is -2.76. The summed E-state index contributed by atoms with van der Waals surface area (Å²) in [6, 6.07) is 8.09. The number of primary amides is 1. The predicted molar refractivity (Wildman–Crippen MR) is 72.6 cm³/mol. The van der Waals surface area contributed by atoms with E-state index in [9.17, 15) is 9.90 Å². The molecule has 0 bridgehead atoms. The van der Waals surface area contributed by atoms with Gasteiger partial charge in [0.25, 0.3) is 5.91 Å². The maximum absolute atomic E-state index is 11.0. The van der Waals surface area contributed by atoms with Gasteiger partial charge in [-0.1, -0.05) is 0 Å². The Balaban J connectivity index is 2.12. The van der Waals surface area contributed by atoms with Crippen LogP contribution in [0.25, 0.3) is 0 Å². The van der Waals surface area contributed by atoms with Crippen molar-refractivity contribution >= 4 is 17.3 Å². The molecule has 19 heavy (non-hydrogen) atoms. The van der Waals surface area contributed by atoms with Crippen molar-refractivity contribution in [1.82, 2.24) is 4.98 Å². The van der Waals surface area contributed by atoms with E-state index in [1.165, 1.54) is 12.3 Å². The number of nitrogens with two attached hydrogens (primary N) is 2. The lowest BCUT2D eigenvalue weighted by Gasteiger charge is -2.09. The number of hydrogen-bond donors (Lipinski definition) is 4. The Labute approximate surface area is 110 Å². The summed E-state index contributed by atoms with van der Waals surface area (Å²) < 4.78 is 0. The molecule has 0 saturated carbocycles. The highest BCUT2D eigenvalue weighted by atomic mass is 16.3. The molecule has 0 fully saturated rings. The number of nitrogens with zero attached hydrogens (tertiary/aromatic N) is 1. The Morgan fingerprint density at radius 3 is 2.84 bits per heavy atom. The molecular weight excluding hydrogens is 244 g/mol. The van der Waals surface area contributed by atoms with Crippen molar-refractivity contribution in [3.8, 4) is 5.75 Å². The third-order valence-electron chi connectivity index (χ3n) is 2.60. The van der Waals surface area contributed by atoms with Gasteiger partial charge in [-0.15, -0.1) is 0 Å². The number of hydrogen-bond acceptors (Lipinski definition) is 5. The predicted octanol–water partition coefficient (Wildman–Crippen LogP) is 1.08. The first-order chi connectivity index (χ1) is 9.06. The molecule has 1 aromatic carbocycles. The molecule has 6 nitrogen and oxygen atoms in total. The fourth-order valence-corrected chi connectivity index (χ4v) is 1.62. The fraction of sp³-hybridized carbons (Fsp3) is 0.0769. The summed E-state index contributed by atoms with van der Waals surface area (Å²) in [6.07, 6.45) is 1.49. The van der Waals surface area contributed by atoms with Gasteiger partial charge in [0.1, 0.15) is 11.4 Å². The lowest BCUT2D eigenvalue weighted by molar-refractivity contribution is 0.0995. The number of carbonyl (C=O) groups is 1. The lowest BCUT2D eigenvalue weighted by atomic mass is 10.1. The molecule has 0 aliphatic rings. The van der Waals surface area contributed by atoms with Crippen molar-refractivity contribution in [3.05, 3.63) is 47.8 Å². The van der Waals surface area contributed by atoms with E-state index in [0.717, 1.165) is 0 Å². The van der Waals surface area contributed by atoms with Gasteiger partial charge >= 0.3 is 0 Å². The number of nitrogens with one attached hydrogen (secondary N) is 1. The molecule has 1 amide bonds. The van der Waals surface area contributed by atoms with Crippen molar-refractivity contribution in [1.29, 1.82) is 0 Å². The van der Waals surface area contributed by atoms with Gasteiger partial charge in [-0.2, -0.15) is 0 Å². The minimum Gasteiger partial charge on any atom is -0.508 e. The molecule has 0 unspecified atom stereocenters. The zero-order valence-electron chi connectivity index (χ0n) is 10.1. The average molecular weight is 258 g/mol. The molecule has 2 aromatic rings. The Morgan fingerprint density at radius 2 is 2.11 bits per heavy atom. The van der Waals surface area contributed by atoms with E-state index in [2.05, 4.69) is 10.3 Å². The van der Waals surface area contributed by atoms with Gasteiger partial charge in [-0.3, -0.25) is 9.78 Å². The summed E-state index contributed by atoms with van der Waals surface area (Å²) in [6.45, 7) is 0.374. The molecular formula is C13H14N4O2. The van der Waals surface area contributed by atoms with Crippen LogP contribution in [-0.4, -0.2) is 16.0 Å². The number of carbonyl (C=O) groups excluding carboxylic acids is 1. The molecule has 0 radical (unpaired) electrons. The van der Waals surface area contributed by atoms with Crippen LogP contribution in [0, 0.1) is 0 Å². The summed E-state index contributed by atoms with van der Waals surface area (Å²) in [7, 11) is 0. The highest BCUT2D eigenvalue weighted by Crippen LogP contribution is 2.21. The van der Waals surface area contributed by atoms with E-state index >= 15 is 0 Å². The highest BCUT2D eigenvalue weighted by Gasteiger charge is 2.04. The number of rotatable bonds is 4. The number of benzene rings is 1. The molecule has 6 heteroatoms. The fourth-order valence-electron chi connectivity index (χ4n) is 1.62. The second kappa shape index (κ2) is 5.26. The normalized spacial score (nSPS) is 10.1. The number of aromatic hydroxyl groups is 1. The summed E-state index contributed by atoms with van der Waals surface area (Å²) in [4.78, 5) is 14.8. The van der Waals surface area contributed by atoms with Crippen LogP contribution in [0.4, 0.5) is 11.4 Å². The second-order valence-corrected chi connectivity index (χ2v) is 4.04. The van der Waals surface area contributed by atoms with Crippen molar-refractivity contribution in [2.24, 2.45) is 5.73 Å². The minimum atomic E-state index is -0.588. The van der Waals surface area contributed by atoms with Gasteiger partial charge in [0.2, 0.25) is 0 Å². The summed E-state index contributed by atoms with van der Waals surface area (Å²) in [5, 5.41) is 12.7. The van der Waals surface area contributed by atoms with Crippen LogP contribution < -0.4 is 16.8 Å². The minimum absolute atomic E-state index is 0.158. The highest BCUT2D eigenvalue weighted by molar-refractivity contribution is 5.91. The smallest absolute Gasteiger partial charge is 0.267 e. The number of phenolic OH excluding ortho intramolecular Hbond substituents is 1. The molecule has 0 aliphatic heterocycles. The van der Waals surface area contributed by atoms with Crippen molar-refractivity contribution in [2.45, 2.75) is 6.54 Å². The molecule has 0 saturated heterocycles. The van der Waals surface area contributed by atoms with E-state index in [1.807, 2.05) is 0 Å². The summed E-state index contributed by atoms with van der Waals surface area (Å²) in [5.41, 5.74) is 12.9. The van der Waals surface area contributed by atoms with Crippen LogP contribution >= 0.6 is 0 Å². The molecule has 2 rings (SSSR count). The standard InChI is InChI=1S/C13H14N4O2/c14-9-1-2-12(18)8(5-9)7-17-10-3-4-16-11(6-10)13(15)19/h1-6,18H,7,14H2,(H2,15,19)(H,16,17). The summed E-state index contributed by atoms with van der Waals surface area (Å²) in [5.74, 6) is -0.429. The van der Waals surface area contributed by atoms with E-state index in [-0.39, 0.29) is 11.4 Å². The van der Waals surface area contributed by atoms with E-state index in [4.69, 9.17) is 11.5 Å². The van der Waals surface area contributed by atoms with Gasteiger partial charge in [0.05, 0.1) is 0 Å². The van der Waals surface area contributed by atoms with E-state index in [1.54, 1.807) is 24.3 Å². The third kappa shape index (κ3) is 3.12. The lowest BCUT2D eigenvalue weighted by Crippen LogP contribution is -2.13. The zero-order chi connectivity index (χ0) is 13.8. The molecule has 0 spiro atoms. The third-order valence-corrected chi connectivity index (χ3v) is 2.60. The number of nitrogen functional groups attached to an aromatic ring is 1. The van der Waals surface area contributed by atoms with Gasteiger partial charge < -0.3 is 21.9 Å². The van der Waals surface area contributed by atoms with Crippen LogP contribution in [0.3, 0.4) is 0 Å². The molecule has 0 atom stereocenters. The van der Waals surface area contributed by atoms with Crippen LogP contribution in [0.1, 0.15) is 16.1 Å². The van der Waals surface area contributed by atoms with Crippen LogP contribution in [0.2, 0.25) is 0 Å². The van der Waals surface area contributed by atoms with Crippen molar-refractivity contribution < 1.29 is 9.90 Å². The number of pyridine rings is 1. The SMILES string of the molecule is NC(=O)c1cc(NCc2cc(N)ccc2O)ccn1. The van der Waals surface area contributed by atoms with Crippen LogP contribution in [0.15, 0.2) is 36.5 Å². The van der Waals surface area contributed by atoms with E-state index < -0.39 is 5.91 Å². The number of aromatic nitrogens is 1. The van der Waals surface area contributed by atoms with Crippen LogP contribution in [-0.2, 0) is 6.54 Å². The zero-order valence-corrected chi connectivity index (χ0v) is 10.1. The topological polar surface area (TPSA) is 114 Å². The maximum atomic E-state index is 11.0. The molecule has 98 valence electrons. The van der Waals surface area contributed by atoms with Gasteiger partial charge in [-0.05, 0) is 30.3 Å². The van der Waals surface area contributed by atoms with Crippen LogP contribution in [0.5, 0.6) is 5.75 Å².